The van der Waals surface area contributed by atoms with E-state index >= 15 is 0 Å². The fraction of sp³-hybridized carbons (Fsp3) is 0.0833. The number of carbonyl (C=O) groups is 1. The van der Waals surface area contributed by atoms with Crippen molar-refractivity contribution in [3.05, 3.63) is 39.7 Å². The number of halogens is 1. The van der Waals surface area contributed by atoms with Crippen LogP contribution in [0.25, 0.3) is 0 Å². The first kappa shape index (κ1) is 15.8. The highest BCUT2D eigenvalue weighted by molar-refractivity contribution is 9.11. The summed E-state index contributed by atoms with van der Waals surface area (Å²) in [5.74, 6) is -1.12. The molecular weight excluding hydrogens is 380 g/mol. The second-order valence-electron chi connectivity index (χ2n) is 4.11. The van der Waals surface area contributed by atoms with Gasteiger partial charge in [-0.2, -0.15) is 0 Å². The fourth-order valence-electron chi connectivity index (χ4n) is 1.68. The summed E-state index contributed by atoms with van der Waals surface area (Å²) in [4.78, 5) is 10.9. The molecule has 0 radical (unpaired) electrons. The van der Waals surface area contributed by atoms with Crippen LogP contribution in [-0.4, -0.2) is 26.5 Å². The second-order valence-corrected chi connectivity index (χ2v) is 8.77. The zero-order chi connectivity index (χ0) is 15.8. The number of rotatable bonds is 4. The third-order valence-electron chi connectivity index (χ3n) is 2.78. The standard InChI is InChI=1S/C12H11BrN2O4S2/c1-15(21(18,19)11-5-4-10(13)20-11)9-3-2-7(12(16)17)6-8(9)14/h2-6H,14H2,1H3,(H,16,17). The van der Waals surface area contributed by atoms with Crippen LogP contribution in [0.4, 0.5) is 11.4 Å². The quantitative estimate of drug-likeness (QED) is 0.781. The molecule has 112 valence electrons. The maximum absolute atomic E-state index is 12.5. The fourth-order valence-corrected chi connectivity index (χ4v) is 5.08. The van der Waals surface area contributed by atoms with E-state index in [9.17, 15) is 13.2 Å². The van der Waals surface area contributed by atoms with Crippen LogP contribution in [0.3, 0.4) is 0 Å². The molecule has 0 bridgehead atoms. The van der Waals surface area contributed by atoms with E-state index in [1.807, 2.05) is 0 Å². The molecule has 2 aromatic rings. The van der Waals surface area contributed by atoms with Gasteiger partial charge in [-0.25, -0.2) is 13.2 Å². The minimum Gasteiger partial charge on any atom is -0.478 e. The number of carboxylic acid groups (broad SMARTS) is 1. The van der Waals surface area contributed by atoms with E-state index in [0.29, 0.717) is 3.79 Å². The van der Waals surface area contributed by atoms with Crippen molar-refractivity contribution in [3.8, 4) is 0 Å². The Labute approximate surface area is 134 Å². The Kier molecular flexibility index (Phi) is 4.26. The van der Waals surface area contributed by atoms with Crippen LogP contribution >= 0.6 is 27.3 Å². The Morgan fingerprint density at radius 3 is 2.48 bits per heavy atom. The number of sulfonamides is 1. The lowest BCUT2D eigenvalue weighted by atomic mass is 10.2. The van der Waals surface area contributed by atoms with E-state index in [0.717, 1.165) is 15.6 Å². The molecule has 0 aliphatic rings. The summed E-state index contributed by atoms with van der Waals surface area (Å²) in [6.07, 6.45) is 0. The molecule has 0 spiro atoms. The minimum absolute atomic E-state index is 0.000848. The van der Waals surface area contributed by atoms with Gasteiger partial charge in [-0.15, -0.1) is 11.3 Å². The van der Waals surface area contributed by atoms with Crippen molar-refractivity contribution >= 4 is 54.6 Å². The molecule has 0 atom stereocenters. The Morgan fingerprint density at radius 1 is 1.33 bits per heavy atom. The SMILES string of the molecule is CN(c1ccc(C(=O)O)cc1N)S(=O)(=O)c1ccc(Br)s1. The highest BCUT2D eigenvalue weighted by atomic mass is 79.9. The van der Waals surface area contributed by atoms with Crippen molar-refractivity contribution in [1.29, 1.82) is 0 Å². The Bertz CT molecular complexity index is 801. The molecule has 0 aliphatic heterocycles. The number of hydrogen-bond acceptors (Lipinski definition) is 5. The lowest BCUT2D eigenvalue weighted by molar-refractivity contribution is 0.0697. The first-order chi connectivity index (χ1) is 9.73. The monoisotopic (exact) mass is 390 g/mol. The molecule has 0 aliphatic carbocycles. The maximum atomic E-state index is 12.5. The molecule has 2 rings (SSSR count). The van der Waals surface area contributed by atoms with E-state index in [1.165, 1.54) is 31.3 Å². The first-order valence-corrected chi connectivity index (χ1v) is 8.65. The van der Waals surface area contributed by atoms with Gasteiger partial charge in [0.25, 0.3) is 10.0 Å². The molecule has 0 saturated heterocycles. The van der Waals surface area contributed by atoms with Crippen molar-refractivity contribution in [1.82, 2.24) is 0 Å². The van der Waals surface area contributed by atoms with Crippen molar-refractivity contribution in [2.75, 3.05) is 17.1 Å². The van der Waals surface area contributed by atoms with Gasteiger partial charge < -0.3 is 10.8 Å². The van der Waals surface area contributed by atoms with Gasteiger partial charge in [0.05, 0.1) is 20.7 Å². The third kappa shape index (κ3) is 3.04. The van der Waals surface area contributed by atoms with Crippen molar-refractivity contribution in [2.24, 2.45) is 0 Å². The normalized spacial score (nSPS) is 11.3. The smallest absolute Gasteiger partial charge is 0.335 e. The van der Waals surface area contributed by atoms with E-state index in [1.54, 1.807) is 6.07 Å². The lowest BCUT2D eigenvalue weighted by Gasteiger charge is -2.20. The molecule has 0 fully saturated rings. The lowest BCUT2D eigenvalue weighted by Crippen LogP contribution is -2.26. The number of nitrogen functional groups attached to an aromatic ring is 1. The molecule has 21 heavy (non-hydrogen) atoms. The van der Waals surface area contributed by atoms with Crippen LogP contribution in [0, 0.1) is 0 Å². The molecule has 1 aromatic heterocycles. The number of benzene rings is 1. The van der Waals surface area contributed by atoms with Gasteiger partial charge in [-0.05, 0) is 46.3 Å². The largest absolute Gasteiger partial charge is 0.478 e. The first-order valence-electron chi connectivity index (χ1n) is 5.60. The second kappa shape index (κ2) is 5.66. The van der Waals surface area contributed by atoms with E-state index in [2.05, 4.69) is 15.9 Å². The van der Waals surface area contributed by atoms with Gasteiger partial charge in [0.2, 0.25) is 0 Å². The van der Waals surface area contributed by atoms with Gasteiger partial charge in [-0.3, -0.25) is 4.31 Å². The molecule has 0 saturated carbocycles. The van der Waals surface area contributed by atoms with Gasteiger partial charge in [0, 0.05) is 7.05 Å². The number of hydrogen-bond donors (Lipinski definition) is 2. The van der Waals surface area contributed by atoms with E-state index < -0.39 is 16.0 Å². The van der Waals surface area contributed by atoms with Gasteiger partial charge in [0.1, 0.15) is 4.21 Å². The third-order valence-corrected chi connectivity index (χ3v) is 6.64. The zero-order valence-corrected chi connectivity index (χ0v) is 14.0. The van der Waals surface area contributed by atoms with Crippen molar-refractivity contribution in [2.45, 2.75) is 4.21 Å². The number of carboxylic acids is 1. The zero-order valence-electron chi connectivity index (χ0n) is 10.8. The van der Waals surface area contributed by atoms with Gasteiger partial charge in [0.15, 0.2) is 0 Å². The average molecular weight is 391 g/mol. The van der Waals surface area contributed by atoms with Crippen molar-refractivity contribution in [3.63, 3.8) is 0 Å². The Morgan fingerprint density at radius 2 is 2.00 bits per heavy atom. The average Bonchev–Trinajstić information content (AvgIpc) is 2.85. The predicted octanol–water partition coefficient (Wildman–Crippen LogP) is 2.62. The number of thiophene rings is 1. The molecule has 9 heteroatoms. The van der Waals surface area contributed by atoms with Crippen LogP contribution in [0.15, 0.2) is 38.3 Å². The molecule has 6 nitrogen and oxygen atoms in total. The Hall–Kier alpha value is -1.58. The molecule has 1 heterocycles. The predicted molar refractivity (Wildman–Crippen MR) is 85.4 cm³/mol. The summed E-state index contributed by atoms with van der Waals surface area (Å²) in [7, 11) is -2.36. The van der Waals surface area contributed by atoms with Crippen LogP contribution in [0.1, 0.15) is 10.4 Å². The van der Waals surface area contributed by atoms with Crippen molar-refractivity contribution < 1.29 is 18.3 Å². The maximum Gasteiger partial charge on any atom is 0.335 e. The van der Waals surface area contributed by atoms with Gasteiger partial charge >= 0.3 is 5.97 Å². The number of anilines is 2. The highest BCUT2D eigenvalue weighted by Gasteiger charge is 2.24. The molecule has 0 amide bonds. The Balaban J connectivity index is 2.44. The van der Waals surface area contributed by atoms with Crippen LogP contribution in [-0.2, 0) is 10.0 Å². The van der Waals surface area contributed by atoms with E-state index in [-0.39, 0.29) is 21.1 Å². The van der Waals surface area contributed by atoms with Gasteiger partial charge in [-0.1, -0.05) is 0 Å². The van der Waals surface area contributed by atoms with E-state index in [4.69, 9.17) is 10.8 Å². The summed E-state index contributed by atoms with van der Waals surface area (Å²) in [5.41, 5.74) is 6.07. The topological polar surface area (TPSA) is 101 Å². The van der Waals surface area contributed by atoms with Crippen LogP contribution in [0.5, 0.6) is 0 Å². The molecule has 0 unspecified atom stereocenters. The summed E-state index contributed by atoms with van der Waals surface area (Å²) < 4.78 is 26.8. The summed E-state index contributed by atoms with van der Waals surface area (Å²) in [6, 6.07) is 7.04. The molecule has 1 aromatic carbocycles. The number of nitrogens with two attached hydrogens (primary N) is 1. The molecular formula is C12H11BrN2O4S2. The van der Waals surface area contributed by atoms with Crippen LogP contribution < -0.4 is 10.0 Å². The summed E-state index contributed by atoms with van der Waals surface area (Å²) in [5, 5.41) is 8.89. The molecule has 3 N–H and O–H groups in total. The number of nitrogens with zero attached hydrogens (tertiary/aromatic N) is 1. The van der Waals surface area contributed by atoms with Crippen LogP contribution in [0.2, 0.25) is 0 Å². The summed E-state index contributed by atoms with van der Waals surface area (Å²) in [6.45, 7) is 0. The summed E-state index contributed by atoms with van der Waals surface area (Å²) >= 11 is 4.30. The number of aromatic carboxylic acids is 1. The minimum atomic E-state index is -3.73. The highest BCUT2D eigenvalue weighted by Crippen LogP contribution is 2.32.